The predicted molar refractivity (Wildman–Crippen MR) is 96.7 cm³/mol. The summed E-state index contributed by atoms with van der Waals surface area (Å²) < 4.78 is 0.566. The molecule has 4 N–H and O–H groups in total. The third-order valence-electron chi connectivity index (χ3n) is 3.48. The Morgan fingerprint density at radius 2 is 1.88 bits per heavy atom. The Balaban J connectivity index is 2.85. The van der Waals surface area contributed by atoms with Gasteiger partial charge in [0.25, 0.3) is 0 Å². The number of rotatable bonds is 11. The molecule has 10 heteroatoms. The van der Waals surface area contributed by atoms with Crippen LogP contribution >= 0.6 is 11.8 Å². The maximum absolute atomic E-state index is 12.4. The van der Waals surface area contributed by atoms with Crippen LogP contribution in [0.4, 0.5) is 0 Å². The molecule has 0 fully saturated rings. The summed E-state index contributed by atoms with van der Waals surface area (Å²) in [6, 6.07) is 0.542. The summed E-state index contributed by atoms with van der Waals surface area (Å²) in [6.45, 7) is 3.73. The van der Waals surface area contributed by atoms with E-state index >= 15 is 0 Å². The third-order valence-corrected chi connectivity index (χ3v) is 4.13. The van der Waals surface area contributed by atoms with E-state index in [1.54, 1.807) is 0 Å². The normalized spacial score (nSPS) is 13.1. The Bertz CT molecular complexity index is 600. The fourth-order valence-corrected chi connectivity index (χ4v) is 2.69. The van der Waals surface area contributed by atoms with Gasteiger partial charge in [-0.2, -0.15) is 11.8 Å². The number of nitrogens with one attached hydrogen (secondary N) is 2. The number of amides is 2. The average molecular weight is 387 g/mol. The van der Waals surface area contributed by atoms with Crippen LogP contribution in [0.1, 0.15) is 26.7 Å². The number of hydrogen-bond donors (Lipinski definition) is 4. The zero-order valence-electron chi connectivity index (χ0n) is 15.0. The van der Waals surface area contributed by atoms with Crippen LogP contribution < -0.4 is 15.5 Å². The summed E-state index contributed by atoms with van der Waals surface area (Å²) in [5.41, 5.74) is 0. The molecule has 0 bridgehead atoms. The van der Waals surface area contributed by atoms with Crippen molar-refractivity contribution in [1.82, 2.24) is 15.4 Å². The van der Waals surface area contributed by atoms with Crippen LogP contribution in [0.15, 0.2) is 12.1 Å². The molecular weight excluding hydrogens is 362 g/mol. The monoisotopic (exact) mass is 387 g/mol. The molecular formula is C16H25N3O6S. The molecule has 0 saturated carbocycles. The summed E-state index contributed by atoms with van der Waals surface area (Å²) in [5, 5.41) is 24.1. The molecule has 1 aromatic heterocycles. The van der Waals surface area contributed by atoms with Crippen molar-refractivity contribution >= 4 is 30.0 Å². The van der Waals surface area contributed by atoms with Gasteiger partial charge in [-0.3, -0.25) is 9.59 Å². The zero-order valence-corrected chi connectivity index (χ0v) is 15.8. The van der Waals surface area contributed by atoms with Crippen molar-refractivity contribution in [1.29, 1.82) is 0 Å². The molecule has 0 aromatic carbocycles. The maximum Gasteiger partial charge on any atom is 0.355 e. The van der Waals surface area contributed by atoms with Crippen molar-refractivity contribution in [3.05, 3.63) is 12.1 Å². The first-order valence-electron chi connectivity index (χ1n) is 8.11. The number of carbonyl (C=O) groups is 3. The molecule has 0 saturated heterocycles. The lowest BCUT2D eigenvalue weighted by molar-refractivity contribution is -0.150. The number of aromatic nitrogens is 1. The van der Waals surface area contributed by atoms with E-state index in [9.17, 15) is 24.6 Å². The molecule has 0 aliphatic heterocycles. The Labute approximate surface area is 156 Å². The highest BCUT2D eigenvalue weighted by molar-refractivity contribution is 7.98. The first-order chi connectivity index (χ1) is 12.3. The molecule has 1 heterocycles. The molecule has 2 atom stereocenters. The fourth-order valence-electron chi connectivity index (χ4n) is 2.21. The van der Waals surface area contributed by atoms with Gasteiger partial charge in [0.2, 0.25) is 24.1 Å². The van der Waals surface area contributed by atoms with Crippen LogP contribution in [-0.4, -0.2) is 57.3 Å². The standard InChI is InChI=1S/C16H25N3O6S/c1-10(2)8-12(16(24)25-19-13(21)4-5-14(19)22)18-15(23)11(17-9-20)6-7-26-3/h4-5,9-12,21-22H,6-8H2,1-3H3,(H,17,20)(H,18,23). The fraction of sp³-hybridized carbons (Fsp3) is 0.562. The molecule has 2 unspecified atom stereocenters. The van der Waals surface area contributed by atoms with Crippen molar-refractivity contribution in [2.45, 2.75) is 38.8 Å². The second kappa shape index (κ2) is 10.6. The second-order valence-corrected chi connectivity index (χ2v) is 7.05. The van der Waals surface area contributed by atoms with Gasteiger partial charge < -0.3 is 25.7 Å². The summed E-state index contributed by atoms with van der Waals surface area (Å²) in [7, 11) is 0. The minimum absolute atomic E-state index is 0.0587. The summed E-state index contributed by atoms with van der Waals surface area (Å²) >= 11 is 1.53. The maximum atomic E-state index is 12.4. The van der Waals surface area contributed by atoms with E-state index in [1.165, 1.54) is 11.8 Å². The molecule has 9 nitrogen and oxygen atoms in total. The highest BCUT2D eigenvalue weighted by Crippen LogP contribution is 2.19. The first-order valence-corrected chi connectivity index (χ1v) is 9.50. The van der Waals surface area contributed by atoms with Gasteiger partial charge in [0.1, 0.15) is 12.1 Å². The number of thioether (sulfide) groups is 1. The predicted octanol–water partition coefficient (Wildman–Crippen LogP) is 0.253. The smallest absolute Gasteiger partial charge is 0.355 e. The zero-order chi connectivity index (χ0) is 19.7. The van der Waals surface area contributed by atoms with Gasteiger partial charge in [-0.1, -0.05) is 13.8 Å². The number of carbonyl (C=O) groups excluding carboxylic acids is 3. The minimum atomic E-state index is -1.01. The van der Waals surface area contributed by atoms with Gasteiger partial charge in [0.15, 0.2) is 0 Å². The molecule has 0 aliphatic rings. The Morgan fingerprint density at radius 3 is 2.38 bits per heavy atom. The van der Waals surface area contributed by atoms with Crippen molar-refractivity contribution < 1.29 is 29.4 Å². The van der Waals surface area contributed by atoms with E-state index in [1.807, 2.05) is 20.1 Å². The van der Waals surface area contributed by atoms with E-state index in [2.05, 4.69) is 10.6 Å². The number of hydrogen-bond acceptors (Lipinski definition) is 7. The second-order valence-electron chi connectivity index (χ2n) is 6.06. The van der Waals surface area contributed by atoms with Crippen LogP contribution in [-0.2, 0) is 14.4 Å². The highest BCUT2D eigenvalue weighted by Gasteiger charge is 2.28. The van der Waals surface area contributed by atoms with Crippen molar-refractivity contribution in [3.63, 3.8) is 0 Å². The quantitative estimate of drug-likeness (QED) is 0.401. The van der Waals surface area contributed by atoms with Crippen LogP contribution in [0.25, 0.3) is 0 Å². The molecule has 0 radical (unpaired) electrons. The van der Waals surface area contributed by atoms with E-state index < -0.39 is 35.7 Å². The number of nitrogens with zero attached hydrogens (tertiary/aromatic N) is 1. The lowest BCUT2D eigenvalue weighted by atomic mass is 10.0. The van der Waals surface area contributed by atoms with Crippen molar-refractivity contribution in [2.75, 3.05) is 12.0 Å². The van der Waals surface area contributed by atoms with Gasteiger partial charge in [0, 0.05) is 12.1 Å². The van der Waals surface area contributed by atoms with Gasteiger partial charge in [-0.15, -0.1) is 4.73 Å². The summed E-state index contributed by atoms with van der Waals surface area (Å²) in [4.78, 5) is 40.5. The largest absolute Gasteiger partial charge is 0.492 e. The molecule has 0 spiro atoms. The van der Waals surface area contributed by atoms with Crippen LogP contribution in [0.5, 0.6) is 11.8 Å². The summed E-state index contributed by atoms with van der Waals surface area (Å²) in [6.07, 6.45) is 3.01. The van der Waals surface area contributed by atoms with E-state index in [4.69, 9.17) is 4.84 Å². The summed E-state index contributed by atoms with van der Waals surface area (Å²) in [5.74, 6) is -1.54. The van der Waals surface area contributed by atoms with Gasteiger partial charge >= 0.3 is 5.97 Å². The SMILES string of the molecule is CSCCC(NC=O)C(=O)NC(CC(C)C)C(=O)On1c(O)ccc1O. The molecule has 0 aliphatic carbocycles. The third kappa shape index (κ3) is 6.51. The van der Waals surface area contributed by atoms with Gasteiger partial charge in [0.05, 0.1) is 0 Å². The van der Waals surface area contributed by atoms with Crippen LogP contribution in [0.2, 0.25) is 0 Å². The molecule has 2 amide bonds. The topological polar surface area (TPSA) is 130 Å². The highest BCUT2D eigenvalue weighted by atomic mass is 32.2. The number of aromatic hydroxyl groups is 2. The molecule has 1 rings (SSSR count). The van der Waals surface area contributed by atoms with Crippen LogP contribution in [0, 0.1) is 5.92 Å². The van der Waals surface area contributed by atoms with Gasteiger partial charge in [-0.25, -0.2) is 4.79 Å². The first kappa shape index (κ1) is 21.7. The molecule has 26 heavy (non-hydrogen) atoms. The average Bonchev–Trinajstić information content (AvgIpc) is 2.89. The Kier molecular flexibility index (Phi) is 8.83. The molecule has 146 valence electrons. The van der Waals surface area contributed by atoms with Crippen molar-refractivity contribution in [3.8, 4) is 11.8 Å². The van der Waals surface area contributed by atoms with Crippen molar-refractivity contribution in [2.24, 2.45) is 5.92 Å². The van der Waals surface area contributed by atoms with Crippen LogP contribution in [0.3, 0.4) is 0 Å². The van der Waals surface area contributed by atoms with E-state index in [0.717, 1.165) is 12.1 Å². The Morgan fingerprint density at radius 1 is 1.27 bits per heavy atom. The lowest BCUT2D eigenvalue weighted by Gasteiger charge is -2.22. The molecule has 1 aromatic rings. The lowest BCUT2D eigenvalue weighted by Crippen LogP contribution is -2.52. The van der Waals surface area contributed by atoms with E-state index in [0.29, 0.717) is 23.3 Å². The van der Waals surface area contributed by atoms with Gasteiger partial charge in [-0.05, 0) is 30.8 Å². The Hall–Kier alpha value is -2.36. The van der Waals surface area contributed by atoms with E-state index in [-0.39, 0.29) is 12.3 Å². The minimum Gasteiger partial charge on any atom is -0.492 e.